The number of benzene rings is 1. The number of halogens is 1. The molecule has 0 aromatic heterocycles. The first-order valence-corrected chi connectivity index (χ1v) is 6.48. The highest BCUT2D eigenvalue weighted by Gasteiger charge is 2.13. The Bertz CT molecular complexity index is 444. The highest BCUT2D eigenvalue weighted by molar-refractivity contribution is 6.30. The van der Waals surface area contributed by atoms with Crippen LogP contribution in [0.5, 0.6) is 0 Å². The molecule has 0 fully saturated rings. The Morgan fingerprint density at radius 3 is 2.15 bits per heavy atom. The van der Waals surface area contributed by atoms with Gasteiger partial charge in [0.1, 0.15) is 0 Å². The number of nitrogens with one attached hydrogen (secondary N) is 1. The lowest BCUT2D eigenvalue weighted by Gasteiger charge is -2.18. The van der Waals surface area contributed by atoms with Crippen molar-refractivity contribution in [3.8, 4) is 0 Å². The van der Waals surface area contributed by atoms with E-state index < -0.39 is 11.8 Å². The van der Waals surface area contributed by atoms with Crippen molar-refractivity contribution in [2.45, 2.75) is 0 Å². The highest BCUT2D eigenvalue weighted by Crippen LogP contribution is 2.09. The van der Waals surface area contributed by atoms with Crippen LogP contribution in [0.1, 0.15) is 10.4 Å². The predicted molar refractivity (Wildman–Crippen MR) is 74.5 cm³/mol. The van der Waals surface area contributed by atoms with Crippen LogP contribution in [0.2, 0.25) is 5.02 Å². The van der Waals surface area contributed by atoms with Crippen molar-refractivity contribution in [2.24, 2.45) is 0 Å². The molecule has 1 aromatic rings. The summed E-state index contributed by atoms with van der Waals surface area (Å²) < 4.78 is 0. The molecule has 110 valence electrons. The van der Waals surface area contributed by atoms with Crippen LogP contribution in [-0.2, 0) is 4.79 Å². The first kappa shape index (κ1) is 16.6. The predicted octanol–water partition coefficient (Wildman–Crippen LogP) is -0.117. The summed E-state index contributed by atoms with van der Waals surface area (Å²) in [7, 11) is 0. The van der Waals surface area contributed by atoms with Gasteiger partial charge >= 0.3 is 0 Å². The van der Waals surface area contributed by atoms with E-state index in [2.05, 4.69) is 5.32 Å². The molecule has 0 saturated heterocycles. The maximum absolute atomic E-state index is 11.8. The van der Waals surface area contributed by atoms with Gasteiger partial charge in [-0.1, -0.05) is 11.6 Å². The Labute approximate surface area is 122 Å². The van der Waals surface area contributed by atoms with Crippen LogP contribution >= 0.6 is 11.6 Å². The molecule has 0 bridgehead atoms. The number of carbonyl (C=O) groups excluding carboxylic acids is 2. The van der Waals surface area contributed by atoms with E-state index in [0.717, 1.165) is 0 Å². The number of nitrogens with zero attached hydrogens (tertiary/aromatic N) is 1. The third-order valence-corrected chi connectivity index (χ3v) is 2.81. The van der Waals surface area contributed by atoms with Crippen molar-refractivity contribution in [1.82, 2.24) is 10.2 Å². The Hall–Kier alpha value is -1.47. The molecule has 0 saturated carbocycles. The molecule has 0 spiro atoms. The fourth-order valence-corrected chi connectivity index (χ4v) is 1.72. The molecule has 0 aliphatic carbocycles. The lowest BCUT2D eigenvalue weighted by atomic mass is 10.2. The largest absolute Gasteiger partial charge is 0.395 e. The monoisotopic (exact) mass is 300 g/mol. The fourth-order valence-electron chi connectivity index (χ4n) is 1.60. The molecule has 0 unspecified atom stereocenters. The summed E-state index contributed by atoms with van der Waals surface area (Å²) in [6.07, 6.45) is 0. The Morgan fingerprint density at radius 2 is 1.65 bits per heavy atom. The zero-order valence-corrected chi connectivity index (χ0v) is 11.6. The normalized spacial score (nSPS) is 10.6. The summed E-state index contributed by atoms with van der Waals surface area (Å²) in [6.45, 7) is 0.184. The lowest BCUT2D eigenvalue weighted by Crippen LogP contribution is -2.42. The highest BCUT2D eigenvalue weighted by atomic mass is 35.5. The van der Waals surface area contributed by atoms with Crippen molar-refractivity contribution in [3.63, 3.8) is 0 Å². The summed E-state index contributed by atoms with van der Waals surface area (Å²) in [6, 6.07) is 6.16. The smallest absolute Gasteiger partial charge is 0.257 e. The van der Waals surface area contributed by atoms with Crippen LogP contribution in [-0.4, -0.2) is 59.8 Å². The summed E-state index contributed by atoms with van der Waals surface area (Å²) in [4.78, 5) is 25.0. The number of hydrogen-bond acceptors (Lipinski definition) is 5. The molecule has 0 heterocycles. The van der Waals surface area contributed by atoms with Gasteiger partial charge in [0, 0.05) is 23.7 Å². The molecule has 0 aliphatic heterocycles. The second-order valence-electron chi connectivity index (χ2n) is 4.11. The van der Waals surface area contributed by atoms with Crippen LogP contribution in [0.4, 0.5) is 0 Å². The van der Waals surface area contributed by atoms with Crippen LogP contribution in [0, 0.1) is 0 Å². The van der Waals surface area contributed by atoms with E-state index >= 15 is 0 Å². The second-order valence-corrected chi connectivity index (χ2v) is 4.54. The van der Waals surface area contributed by atoms with E-state index in [1.807, 2.05) is 0 Å². The van der Waals surface area contributed by atoms with Crippen molar-refractivity contribution in [2.75, 3.05) is 32.8 Å². The minimum Gasteiger partial charge on any atom is -0.395 e. The van der Waals surface area contributed by atoms with Gasteiger partial charge < -0.3 is 10.2 Å². The van der Waals surface area contributed by atoms with Gasteiger partial charge in [0.05, 0.1) is 19.8 Å². The van der Waals surface area contributed by atoms with Crippen LogP contribution in [0.15, 0.2) is 24.3 Å². The minimum atomic E-state index is -0.514. The van der Waals surface area contributed by atoms with Gasteiger partial charge in [-0.3, -0.25) is 19.8 Å². The molecule has 0 aliphatic rings. The number of hydrogen-bond donors (Lipinski definition) is 3. The summed E-state index contributed by atoms with van der Waals surface area (Å²) in [5, 5.41) is 20.4. The minimum absolute atomic E-state index is 0.0690. The molecule has 1 rings (SSSR count). The Balaban J connectivity index is 2.52. The van der Waals surface area contributed by atoms with Crippen LogP contribution in [0.25, 0.3) is 0 Å². The molecule has 2 amide bonds. The lowest BCUT2D eigenvalue weighted by molar-refractivity contribution is -0.121. The van der Waals surface area contributed by atoms with Gasteiger partial charge in [-0.05, 0) is 24.3 Å². The van der Waals surface area contributed by atoms with E-state index in [9.17, 15) is 9.59 Å². The summed E-state index contributed by atoms with van der Waals surface area (Å²) >= 11 is 5.71. The van der Waals surface area contributed by atoms with Crippen molar-refractivity contribution in [1.29, 1.82) is 0 Å². The van der Waals surface area contributed by atoms with E-state index in [1.54, 1.807) is 17.0 Å². The zero-order valence-electron chi connectivity index (χ0n) is 10.9. The van der Waals surface area contributed by atoms with Gasteiger partial charge in [0.2, 0.25) is 5.91 Å². The van der Waals surface area contributed by atoms with Crippen molar-refractivity contribution in [3.05, 3.63) is 34.9 Å². The molecule has 7 heteroatoms. The van der Waals surface area contributed by atoms with Crippen molar-refractivity contribution < 1.29 is 19.8 Å². The molecule has 0 atom stereocenters. The maximum Gasteiger partial charge on any atom is 0.257 e. The van der Waals surface area contributed by atoms with Crippen LogP contribution < -0.4 is 5.32 Å². The average Bonchev–Trinajstić information content (AvgIpc) is 2.39. The van der Waals surface area contributed by atoms with E-state index in [0.29, 0.717) is 10.6 Å². The summed E-state index contributed by atoms with van der Waals surface area (Å²) in [5.74, 6) is -1.01. The van der Waals surface area contributed by atoms with E-state index in [4.69, 9.17) is 21.8 Å². The van der Waals surface area contributed by atoms with Gasteiger partial charge in [0.25, 0.3) is 5.91 Å². The number of aliphatic hydroxyl groups excluding tert-OH is 2. The molecule has 3 N–H and O–H groups in total. The molecular formula is C13H17ClN2O4. The Kier molecular flexibility index (Phi) is 7.17. The van der Waals surface area contributed by atoms with Gasteiger partial charge in [-0.2, -0.15) is 0 Å². The average molecular weight is 301 g/mol. The first-order chi connectivity index (χ1) is 9.56. The zero-order chi connectivity index (χ0) is 15.0. The van der Waals surface area contributed by atoms with Gasteiger partial charge in [0.15, 0.2) is 0 Å². The topological polar surface area (TPSA) is 89.9 Å². The number of aliphatic hydroxyl groups is 2. The molecule has 20 heavy (non-hydrogen) atoms. The van der Waals surface area contributed by atoms with Crippen molar-refractivity contribution >= 4 is 23.4 Å². The van der Waals surface area contributed by atoms with Gasteiger partial charge in [-0.15, -0.1) is 0 Å². The number of rotatable bonds is 7. The second kappa shape index (κ2) is 8.65. The maximum atomic E-state index is 11.8. The third-order valence-electron chi connectivity index (χ3n) is 2.56. The fraction of sp³-hybridized carbons (Fsp3) is 0.385. The Morgan fingerprint density at radius 1 is 1.10 bits per heavy atom. The number of imide groups is 1. The first-order valence-electron chi connectivity index (χ1n) is 6.10. The van der Waals surface area contributed by atoms with Gasteiger partial charge in [-0.25, -0.2) is 0 Å². The molecular weight excluding hydrogens is 284 g/mol. The quantitative estimate of drug-likeness (QED) is 0.653. The molecule has 0 radical (unpaired) electrons. The number of carbonyl (C=O) groups is 2. The SMILES string of the molecule is O=C(CN(CCO)CCO)NC(=O)c1ccc(Cl)cc1. The van der Waals surface area contributed by atoms with E-state index in [1.165, 1.54) is 12.1 Å². The number of amides is 2. The van der Waals surface area contributed by atoms with Crippen LogP contribution in [0.3, 0.4) is 0 Å². The standard InChI is InChI=1S/C13H17ClN2O4/c14-11-3-1-10(2-4-11)13(20)15-12(19)9-16(5-7-17)6-8-18/h1-4,17-18H,5-9H2,(H,15,19,20). The molecule has 6 nitrogen and oxygen atoms in total. The van der Waals surface area contributed by atoms with E-state index in [-0.39, 0.29) is 32.8 Å². The third kappa shape index (κ3) is 5.66. The summed E-state index contributed by atoms with van der Waals surface area (Å²) in [5.41, 5.74) is 0.332. The molecule has 1 aromatic carbocycles.